The number of nitrogens with one attached hydrogen (secondary N) is 1. The Labute approximate surface area is 249 Å². The van der Waals surface area contributed by atoms with Gasteiger partial charge >= 0.3 is 5.97 Å². The van der Waals surface area contributed by atoms with Crippen LogP contribution in [0.15, 0.2) is 76.4 Å². The molecule has 0 saturated carbocycles. The van der Waals surface area contributed by atoms with Gasteiger partial charge in [-0.15, -0.1) is 0 Å². The van der Waals surface area contributed by atoms with E-state index in [1.807, 2.05) is 55.5 Å². The smallest absolute Gasteiger partial charge is 0.338 e. The van der Waals surface area contributed by atoms with Gasteiger partial charge in [0.2, 0.25) is 5.95 Å². The molecule has 0 spiro atoms. The lowest BCUT2D eigenvalue weighted by Crippen LogP contribution is -2.29. The second-order valence-electron chi connectivity index (χ2n) is 8.88. The molecule has 9 nitrogen and oxygen atoms in total. The fraction of sp³-hybridized carbons (Fsp3) is 0.214. The number of allylic oxidation sites excluding steroid dienone is 1. The molecule has 40 heavy (non-hydrogen) atoms. The van der Waals surface area contributed by atoms with Crippen LogP contribution in [0.3, 0.4) is 0 Å². The van der Waals surface area contributed by atoms with Crippen molar-refractivity contribution in [2.45, 2.75) is 33.1 Å². The Hall–Kier alpha value is -3.60. The van der Waals surface area contributed by atoms with E-state index in [9.17, 15) is 4.79 Å². The largest absolute Gasteiger partial charge is 0.490 e. The number of anilines is 1. The predicted molar refractivity (Wildman–Crippen MR) is 155 cm³/mol. The number of hydrogen-bond donors (Lipinski definition) is 1. The van der Waals surface area contributed by atoms with E-state index in [2.05, 4.69) is 36.8 Å². The molecule has 0 bridgehead atoms. The summed E-state index contributed by atoms with van der Waals surface area (Å²) in [6.45, 7) is 4.42. The van der Waals surface area contributed by atoms with Crippen molar-refractivity contribution in [3.63, 3.8) is 0 Å². The SMILES string of the molecule is CCOc1cc(C2C(C(=O)OCc3ccccc3)=C(C)Nc3nnnn32)cc(Br)c1OCc1ccc(Cl)c(Cl)c1. The molecule has 5 rings (SSSR count). The van der Waals surface area contributed by atoms with Crippen LogP contribution < -0.4 is 14.8 Å². The first kappa shape index (κ1) is 27.9. The maximum Gasteiger partial charge on any atom is 0.338 e. The van der Waals surface area contributed by atoms with E-state index >= 15 is 0 Å². The lowest BCUT2D eigenvalue weighted by atomic mass is 9.95. The maximum atomic E-state index is 13.5. The van der Waals surface area contributed by atoms with Gasteiger partial charge in [0.1, 0.15) is 19.3 Å². The second kappa shape index (κ2) is 12.3. The number of tetrazole rings is 1. The standard InChI is InChI=1S/C28H24BrCl2N5O4/c1-3-38-23-13-19(12-20(29)26(23)39-15-18-9-10-21(30)22(31)11-18)25-24(16(2)32-28-33-34-35-36(25)28)27(37)40-14-17-7-5-4-6-8-17/h4-13,25H,3,14-15H2,1-2H3,(H,32,33,35). The normalized spacial score (nSPS) is 14.4. The highest BCUT2D eigenvalue weighted by atomic mass is 79.9. The molecule has 1 aliphatic heterocycles. The molecular formula is C28H24BrCl2N5O4. The highest BCUT2D eigenvalue weighted by Gasteiger charge is 2.36. The van der Waals surface area contributed by atoms with Crippen molar-refractivity contribution in [1.82, 2.24) is 20.2 Å². The van der Waals surface area contributed by atoms with E-state index in [-0.39, 0.29) is 13.2 Å². The van der Waals surface area contributed by atoms with Crippen molar-refractivity contribution in [1.29, 1.82) is 0 Å². The molecule has 0 fully saturated rings. The van der Waals surface area contributed by atoms with Crippen molar-refractivity contribution >= 4 is 51.0 Å². The van der Waals surface area contributed by atoms with Crippen LogP contribution in [0.1, 0.15) is 36.6 Å². The first-order valence-electron chi connectivity index (χ1n) is 12.3. The highest BCUT2D eigenvalue weighted by molar-refractivity contribution is 9.10. The van der Waals surface area contributed by atoms with Gasteiger partial charge in [0.05, 0.1) is 26.7 Å². The molecule has 2 heterocycles. The highest BCUT2D eigenvalue weighted by Crippen LogP contribution is 2.43. The second-order valence-corrected chi connectivity index (χ2v) is 10.5. The average molecular weight is 645 g/mol. The Bertz CT molecular complexity index is 1580. The first-order chi connectivity index (χ1) is 19.4. The van der Waals surface area contributed by atoms with Crippen LogP contribution in [0.25, 0.3) is 0 Å². The van der Waals surface area contributed by atoms with Crippen LogP contribution in [0.2, 0.25) is 10.0 Å². The van der Waals surface area contributed by atoms with Gasteiger partial charge in [-0.1, -0.05) is 64.7 Å². The molecule has 0 saturated heterocycles. The maximum absolute atomic E-state index is 13.5. The van der Waals surface area contributed by atoms with Crippen molar-refractivity contribution in [2.24, 2.45) is 0 Å². The number of esters is 1. The van der Waals surface area contributed by atoms with E-state index < -0.39 is 12.0 Å². The lowest BCUT2D eigenvalue weighted by molar-refractivity contribution is -0.140. The Morgan fingerprint density at radius 2 is 1.82 bits per heavy atom. The fourth-order valence-corrected chi connectivity index (χ4v) is 5.21. The zero-order chi connectivity index (χ0) is 28.2. The molecule has 0 aliphatic carbocycles. The summed E-state index contributed by atoms with van der Waals surface area (Å²) in [6.07, 6.45) is 0. The fourth-order valence-electron chi connectivity index (χ4n) is 4.32. The minimum Gasteiger partial charge on any atom is -0.490 e. The molecule has 1 aromatic heterocycles. The summed E-state index contributed by atoms with van der Waals surface area (Å²) in [4.78, 5) is 13.5. The van der Waals surface area contributed by atoms with Crippen molar-refractivity contribution in [3.05, 3.63) is 103 Å². The molecule has 1 aliphatic rings. The number of benzene rings is 3. The molecule has 1 atom stereocenters. The Morgan fingerprint density at radius 3 is 2.58 bits per heavy atom. The van der Waals surface area contributed by atoms with Crippen LogP contribution >= 0.6 is 39.1 Å². The van der Waals surface area contributed by atoms with Crippen molar-refractivity contribution < 1.29 is 19.0 Å². The van der Waals surface area contributed by atoms with Crippen LogP contribution in [0.5, 0.6) is 11.5 Å². The summed E-state index contributed by atoms with van der Waals surface area (Å²) in [7, 11) is 0. The van der Waals surface area contributed by atoms with Crippen LogP contribution in [-0.4, -0.2) is 32.8 Å². The van der Waals surface area contributed by atoms with Gasteiger partial charge in [0.25, 0.3) is 0 Å². The van der Waals surface area contributed by atoms with Gasteiger partial charge in [-0.2, -0.15) is 4.68 Å². The lowest BCUT2D eigenvalue weighted by Gasteiger charge is -2.28. The van der Waals surface area contributed by atoms with Crippen LogP contribution in [-0.2, 0) is 22.7 Å². The quantitative estimate of drug-likeness (QED) is 0.200. The van der Waals surface area contributed by atoms with E-state index in [0.717, 1.165) is 11.1 Å². The number of carbonyl (C=O) groups is 1. The topological polar surface area (TPSA) is 100 Å². The molecule has 1 unspecified atom stereocenters. The van der Waals surface area contributed by atoms with Crippen LogP contribution in [0, 0.1) is 0 Å². The monoisotopic (exact) mass is 643 g/mol. The summed E-state index contributed by atoms with van der Waals surface area (Å²) in [6, 6.07) is 17.8. The molecule has 4 aromatic rings. The van der Waals surface area contributed by atoms with Gasteiger partial charge in [0, 0.05) is 5.70 Å². The van der Waals surface area contributed by atoms with Gasteiger partial charge < -0.3 is 19.5 Å². The minimum atomic E-state index is -0.686. The number of halogens is 3. The van der Waals surface area contributed by atoms with Crippen molar-refractivity contribution in [2.75, 3.05) is 11.9 Å². The summed E-state index contributed by atoms with van der Waals surface area (Å²) >= 11 is 15.9. The van der Waals surface area contributed by atoms with Gasteiger partial charge in [-0.05, 0) is 81.2 Å². The van der Waals surface area contributed by atoms with E-state index in [1.54, 1.807) is 23.7 Å². The number of aromatic nitrogens is 4. The molecule has 0 radical (unpaired) electrons. The molecule has 0 amide bonds. The third-order valence-corrected chi connectivity index (χ3v) is 7.49. The molecule has 12 heteroatoms. The number of ether oxygens (including phenoxy) is 3. The molecule has 3 aromatic carbocycles. The van der Waals surface area contributed by atoms with Gasteiger partial charge in [-0.25, -0.2) is 4.79 Å². The Morgan fingerprint density at radius 1 is 1.02 bits per heavy atom. The Kier molecular flexibility index (Phi) is 8.58. The third kappa shape index (κ3) is 5.94. The predicted octanol–water partition coefficient (Wildman–Crippen LogP) is 6.75. The number of carbonyl (C=O) groups excluding carboxylic acids is 1. The van der Waals surface area contributed by atoms with E-state index in [0.29, 0.717) is 55.4 Å². The number of nitrogens with zero attached hydrogens (tertiary/aromatic N) is 4. The third-order valence-electron chi connectivity index (χ3n) is 6.16. The zero-order valence-electron chi connectivity index (χ0n) is 21.5. The Balaban J connectivity index is 1.48. The first-order valence-corrected chi connectivity index (χ1v) is 13.9. The molecule has 1 N–H and O–H groups in total. The summed E-state index contributed by atoms with van der Waals surface area (Å²) in [5.41, 5.74) is 3.36. The average Bonchev–Trinajstić information content (AvgIpc) is 3.41. The number of rotatable bonds is 9. The van der Waals surface area contributed by atoms with Crippen molar-refractivity contribution in [3.8, 4) is 11.5 Å². The number of fused-ring (bicyclic) bond motifs is 1. The zero-order valence-corrected chi connectivity index (χ0v) is 24.6. The number of hydrogen-bond acceptors (Lipinski definition) is 8. The summed E-state index contributed by atoms with van der Waals surface area (Å²) < 4.78 is 20.0. The molecular weight excluding hydrogens is 621 g/mol. The van der Waals surface area contributed by atoms with Gasteiger partial charge in [0.15, 0.2) is 11.5 Å². The summed E-state index contributed by atoms with van der Waals surface area (Å²) in [5.74, 6) is 0.886. The minimum absolute atomic E-state index is 0.126. The van der Waals surface area contributed by atoms with E-state index in [4.69, 9.17) is 37.4 Å². The summed E-state index contributed by atoms with van der Waals surface area (Å²) in [5, 5.41) is 16.0. The van der Waals surface area contributed by atoms with E-state index in [1.165, 1.54) is 0 Å². The molecule has 206 valence electrons. The van der Waals surface area contributed by atoms with Crippen LogP contribution in [0.4, 0.5) is 5.95 Å². The van der Waals surface area contributed by atoms with Gasteiger partial charge in [-0.3, -0.25) is 0 Å².